The molecule has 0 aliphatic carbocycles. The van der Waals surface area contributed by atoms with Crippen LogP contribution in [0.25, 0.3) is 11.1 Å². The van der Waals surface area contributed by atoms with E-state index in [2.05, 4.69) is 4.98 Å². The minimum absolute atomic E-state index is 0.0596. The number of oxazole rings is 1. The quantitative estimate of drug-likeness (QED) is 0.659. The zero-order chi connectivity index (χ0) is 18.7. The fourth-order valence-electron chi connectivity index (χ4n) is 2.36. The van der Waals surface area contributed by atoms with E-state index in [1.807, 2.05) is 0 Å². The smallest absolute Gasteiger partial charge is 0.400 e. The van der Waals surface area contributed by atoms with E-state index in [0.717, 1.165) is 0 Å². The largest absolute Gasteiger partial charge is 0.488 e. The molecule has 1 N–H and O–H groups in total. The van der Waals surface area contributed by atoms with E-state index < -0.39 is 12.2 Å². The Bertz CT molecular complexity index is 906. The Morgan fingerprint density at radius 3 is 2.62 bits per heavy atom. The average molecular weight is 376 g/mol. The monoisotopic (exact) mass is 375 g/mol. The van der Waals surface area contributed by atoms with Crippen LogP contribution >= 0.6 is 11.6 Å². The number of Topliss-reactive ketones (excluding diaryl/α,β-unsaturated/α-hetero) is 1. The first-order chi connectivity index (χ1) is 12.4. The number of ether oxygens (including phenoxy) is 2. The van der Waals surface area contributed by atoms with Crippen LogP contribution in [0.5, 0.6) is 17.6 Å². The van der Waals surface area contributed by atoms with Crippen LogP contribution < -0.4 is 9.47 Å². The number of fused-ring (bicyclic) bond motifs is 1. The molecule has 1 aromatic heterocycles. The SMILES string of the molecule is CC(=O)CC(O)C(C)Oc1ccc(Oc2nc3ccc(Cl)cc3o2)cc1. The van der Waals surface area contributed by atoms with Gasteiger partial charge in [0.1, 0.15) is 28.9 Å². The van der Waals surface area contributed by atoms with Crippen molar-refractivity contribution in [2.24, 2.45) is 0 Å². The van der Waals surface area contributed by atoms with Gasteiger partial charge in [-0.25, -0.2) is 0 Å². The number of aromatic nitrogens is 1. The summed E-state index contributed by atoms with van der Waals surface area (Å²) in [5.41, 5.74) is 1.19. The van der Waals surface area contributed by atoms with Crippen molar-refractivity contribution < 1.29 is 23.8 Å². The van der Waals surface area contributed by atoms with Crippen LogP contribution in [-0.4, -0.2) is 28.1 Å². The molecule has 2 aromatic carbocycles. The van der Waals surface area contributed by atoms with Gasteiger partial charge in [-0.15, -0.1) is 0 Å². The van der Waals surface area contributed by atoms with Gasteiger partial charge >= 0.3 is 6.08 Å². The molecule has 0 fully saturated rings. The number of rotatable bonds is 7. The first kappa shape index (κ1) is 18.2. The molecule has 6 nitrogen and oxygen atoms in total. The Morgan fingerprint density at radius 2 is 1.92 bits per heavy atom. The Kier molecular flexibility index (Phi) is 5.44. The van der Waals surface area contributed by atoms with E-state index >= 15 is 0 Å². The molecule has 3 aromatic rings. The minimum atomic E-state index is -0.852. The summed E-state index contributed by atoms with van der Waals surface area (Å²) >= 11 is 5.92. The van der Waals surface area contributed by atoms with E-state index in [1.165, 1.54) is 6.92 Å². The maximum absolute atomic E-state index is 11.1. The van der Waals surface area contributed by atoms with E-state index in [1.54, 1.807) is 49.4 Å². The van der Waals surface area contributed by atoms with Gasteiger partial charge in [0.15, 0.2) is 5.58 Å². The molecule has 7 heteroatoms. The number of nitrogens with zero attached hydrogens (tertiary/aromatic N) is 1. The predicted molar refractivity (Wildman–Crippen MR) is 96.9 cm³/mol. The molecular weight excluding hydrogens is 358 g/mol. The van der Waals surface area contributed by atoms with Crippen molar-refractivity contribution in [2.45, 2.75) is 32.5 Å². The van der Waals surface area contributed by atoms with Gasteiger partial charge in [0.25, 0.3) is 0 Å². The third-order valence-electron chi connectivity index (χ3n) is 3.72. The average Bonchev–Trinajstić information content (AvgIpc) is 2.97. The molecule has 0 aliphatic heterocycles. The number of benzene rings is 2. The summed E-state index contributed by atoms with van der Waals surface area (Å²) < 4.78 is 16.7. The second-order valence-corrected chi connectivity index (χ2v) is 6.40. The molecule has 0 aliphatic rings. The van der Waals surface area contributed by atoms with Crippen molar-refractivity contribution in [1.29, 1.82) is 0 Å². The molecule has 26 heavy (non-hydrogen) atoms. The normalized spacial score (nSPS) is 13.4. The van der Waals surface area contributed by atoms with Crippen molar-refractivity contribution in [2.75, 3.05) is 0 Å². The van der Waals surface area contributed by atoms with Crippen LogP contribution in [0.2, 0.25) is 5.02 Å². The Morgan fingerprint density at radius 1 is 1.23 bits per heavy atom. The summed E-state index contributed by atoms with van der Waals surface area (Å²) in [7, 11) is 0. The highest BCUT2D eigenvalue weighted by molar-refractivity contribution is 6.31. The zero-order valence-corrected chi connectivity index (χ0v) is 15.1. The molecular formula is C19H18ClNO5. The number of carbonyl (C=O) groups excluding carboxylic acids is 1. The molecule has 0 saturated carbocycles. The van der Waals surface area contributed by atoms with Crippen molar-refractivity contribution in [3.8, 4) is 17.6 Å². The third kappa shape index (κ3) is 4.53. The van der Waals surface area contributed by atoms with E-state index in [4.69, 9.17) is 25.5 Å². The number of hydrogen-bond donors (Lipinski definition) is 1. The van der Waals surface area contributed by atoms with Crippen molar-refractivity contribution in [3.63, 3.8) is 0 Å². The summed E-state index contributed by atoms with van der Waals surface area (Å²) in [6, 6.07) is 11.9. The topological polar surface area (TPSA) is 81.8 Å². The van der Waals surface area contributed by atoms with Crippen molar-refractivity contribution in [3.05, 3.63) is 47.5 Å². The highest BCUT2D eigenvalue weighted by atomic mass is 35.5. The molecule has 0 amide bonds. The number of aliphatic hydroxyl groups is 1. The van der Waals surface area contributed by atoms with Gasteiger partial charge in [-0.3, -0.25) is 4.79 Å². The van der Waals surface area contributed by atoms with Gasteiger partial charge in [0.05, 0.1) is 6.10 Å². The van der Waals surface area contributed by atoms with Crippen LogP contribution in [0, 0.1) is 0 Å². The molecule has 3 rings (SSSR count). The zero-order valence-electron chi connectivity index (χ0n) is 14.3. The second kappa shape index (κ2) is 7.76. The van der Waals surface area contributed by atoms with Crippen LogP contribution in [-0.2, 0) is 4.79 Å². The lowest BCUT2D eigenvalue weighted by Gasteiger charge is -2.19. The second-order valence-electron chi connectivity index (χ2n) is 5.96. The number of halogens is 1. The molecule has 0 radical (unpaired) electrons. The maximum atomic E-state index is 11.1. The lowest BCUT2D eigenvalue weighted by Crippen LogP contribution is -2.30. The molecule has 0 bridgehead atoms. The minimum Gasteiger partial charge on any atom is -0.488 e. The first-order valence-electron chi connectivity index (χ1n) is 8.09. The highest BCUT2D eigenvalue weighted by Gasteiger charge is 2.18. The fraction of sp³-hybridized carbons (Fsp3) is 0.263. The molecule has 0 spiro atoms. The summed E-state index contributed by atoms with van der Waals surface area (Å²) in [6.07, 6.45) is -1.19. The highest BCUT2D eigenvalue weighted by Crippen LogP contribution is 2.28. The van der Waals surface area contributed by atoms with Crippen molar-refractivity contribution in [1.82, 2.24) is 4.98 Å². The van der Waals surface area contributed by atoms with E-state index in [0.29, 0.717) is 27.6 Å². The van der Waals surface area contributed by atoms with Gasteiger partial charge in [-0.2, -0.15) is 4.98 Å². The van der Waals surface area contributed by atoms with Gasteiger partial charge < -0.3 is 19.0 Å². The van der Waals surface area contributed by atoms with Gasteiger partial charge in [0.2, 0.25) is 0 Å². The van der Waals surface area contributed by atoms with Gasteiger partial charge in [-0.1, -0.05) is 11.6 Å². The lowest BCUT2D eigenvalue weighted by molar-refractivity contribution is -0.120. The Hall–Kier alpha value is -2.57. The summed E-state index contributed by atoms with van der Waals surface area (Å²) in [5, 5.41) is 10.4. The Balaban J connectivity index is 1.64. The van der Waals surface area contributed by atoms with E-state index in [-0.39, 0.29) is 18.3 Å². The van der Waals surface area contributed by atoms with Crippen LogP contribution in [0.4, 0.5) is 0 Å². The van der Waals surface area contributed by atoms with Crippen LogP contribution in [0.15, 0.2) is 46.9 Å². The number of aliphatic hydroxyl groups excluding tert-OH is 1. The predicted octanol–water partition coefficient (Wildman–Crippen LogP) is 4.38. The Labute approximate surface area is 155 Å². The fourth-order valence-corrected chi connectivity index (χ4v) is 2.52. The van der Waals surface area contributed by atoms with Crippen LogP contribution in [0.3, 0.4) is 0 Å². The van der Waals surface area contributed by atoms with Gasteiger partial charge in [0, 0.05) is 17.5 Å². The third-order valence-corrected chi connectivity index (χ3v) is 3.96. The summed E-state index contributed by atoms with van der Waals surface area (Å²) in [5.74, 6) is 0.986. The molecule has 136 valence electrons. The van der Waals surface area contributed by atoms with Gasteiger partial charge in [-0.05, 0) is 50.2 Å². The van der Waals surface area contributed by atoms with Crippen LogP contribution in [0.1, 0.15) is 20.3 Å². The number of carbonyl (C=O) groups is 1. The molecule has 1 heterocycles. The first-order valence-corrected chi connectivity index (χ1v) is 8.46. The molecule has 0 saturated heterocycles. The molecule has 2 unspecified atom stereocenters. The summed E-state index contributed by atoms with van der Waals surface area (Å²) in [6.45, 7) is 3.14. The maximum Gasteiger partial charge on any atom is 0.400 e. The number of hydrogen-bond acceptors (Lipinski definition) is 6. The summed E-state index contributed by atoms with van der Waals surface area (Å²) in [4.78, 5) is 15.3. The molecule has 2 atom stereocenters. The number of ketones is 1. The van der Waals surface area contributed by atoms with Crippen molar-refractivity contribution >= 4 is 28.5 Å². The standard InChI is InChI=1S/C19H18ClNO5/c1-11(22)9-17(23)12(2)24-14-4-6-15(7-5-14)25-19-21-16-8-3-13(20)10-18(16)26-19/h3-8,10,12,17,23H,9H2,1-2H3. The lowest BCUT2D eigenvalue weighted by atomic mass is 10.1. The van der Waals surface area contributed by atoms with E-state index in [9.17, 15) is 9.90 Å².